The van der Waals surface area contributed by atoms with E-state index in [2.05, 4.69) is 27.6 Å². The number of halogens is 1. The lowest BCUT2D eigenvalue weighted by atomic mass is 9.78. The van der Waals surface area contributed by atoms with Crippen molar-refractivity contribution in [2.75, 3.05) is 5.33 Å². The minimum Gasteiger partial charge on any atom is -0.206 e. The molecule has 0 amide bonds. The molecule has 1 aliphatic carbocycles. The number of thiophene rings is 1. The zero-order chi connectivity index (χ0) is 13.2. The Morgan fingerprint density at radius 1 is 1.61 bits per heavy atom. The highest BCUT2D eigenvalue weighted by Crippen LogP contribution is 2.35. The van der Waals surface area contributed by atoms with Crippen LogP contribution in [0.25, 0.3) is 0 Å². The van der Waals surface area contributed by atoms with E-state index in [1.54, 1.807) is 17.5 Å². The van der Waals surface area contributed by atoms with Gasteiger partial charge in [-0.25, -0.2) is 13.1 Å². The average Bonchev–Trinajstić information content (AvgIpc) is 2.82. The van der Waals surface area contributed by atoms with Crippen molar-refractivity contribution in [1.29, 1.82) is 0 Å². The fraction of sp³-hybridized carbons (Fsp3) is 0.667. The molecule has 2 rings (SSSR count). The molecule has 1 aliphatic rings. The van der Waals surface area contributed by atoms with Crippen LogP contribution in [-0.2, 0) is 10.0 Å². The van der Waals surface area contributed by atoms with E-state index in [-0.39, 0.29) is 5.54 Å². The molecule has 0 spiro atoms. The largest absolute Gasteiger partial charge is 0.250 e. The van der Waals surface area contributed by atoms with E-state index in [1.165, 1.54) is 17.8 Å². The molecule has 3 nitrogen and oxygen atoms in total. The zero-order valence-electron chi connectivity index (χ0n) is 10.4. The first-order valence-electron chi connectivity index (χ1n) is 6.11. The number of nitrogens with one attached hydrogen (secondary N) is 1. The first-order chi connectivity index (χ1) is 8.47. The van der Waals surface area contributed by atoms with Gasteiger partial charge in [-0.15, -0.1) is 11.3 Å². The number of alkyl halides is 1. The van der Waals surface area contributed by atoms with Crippen LogP contribution in [0.2, 0.25) is 0 Å². The van der Waals surface area contributed by atoms with Gasteiger partial charge >= 0.3 is 0 Å². The van der Waals surface area contributed by atoms with Gasteiger partial charge < -0.3 is 0 Å². The molecule has 1 aromatic rings. The van der Waals surface area contributed by atoms with E-state index in [0.29, 0.717) is 15.5 Å². The Morgan fingerprint density at radius 3 is 2.94 bits per heavy atom. The summed E-state index contributed by atoms with van der Waals surface area (Å²) in [4.78, 5) is 0. The molecule has 18 heavy (non-hydrogen) atoms. The molecule has 1 N–H and O–H groups in total. The van der Waals surface area contributed by atoms with Gasteiger partial charge in [0.05, 0.1) is 0 Å². The molecule has 1 aromatic heterocycles. The quantitative estimate of drug-likeness (QED) is 0.845. The molecule has 0 aromatic carbocycles. The second-order valence-electron chi connectivity index (χ2n) is 5.15. The molecule has 1 fully saturated rings. The topological polar surface area (TPSA) is 46.2 Å². The summed E-state index contributed by atoms with van der Waals surface area (Å²) in [5.74, 6) is 0.572. The Morgan fingerprint density at radius 2 is 2.39 bits per heavy atom. The van der Waals surface area contributed by atoms with E-state index < -0.39 is 10.0 Å². The van der Waals surface area contributed by atoms with Crippen molar-refractivity contribution in [2.45, 2.75) is 42.4 Å². The van der Waals surface area contributed by atoms with Crippen LogP contribution in [0.3, 0.4) is 0 Å². The van der Waals surface area contributed by atoms with E-state index in [1.807, 2.05) is 0 Å². The van der Waals surface area contributed by atoms with E-state index in [4.69, 9.17) is 0 Å². The van der Waals surface area contributed by atoms with Crippen LogP contribution in [0.1, 0.15) is 32.6 Å². The molecule has 0 bridgehead atoms. The highest BCUT2D eigenvalue weighted by Gasteiger charge is 2.38. The molecule has 1 heterocycles. The fourth-order valence-electron chi connectivity index (χ4n) is 2.65. The van der Waals surface area contributed by atoms with Gasteiger partial charge in [0.2, 0.25) is 0 Å². The van der Waals surface area contributed by atoms with Crippen molar-refractivity contribution < 1.29 is 8.42 Å². The molecule has 0 radical (unpaired) electrons. The van der Waals surface area contributed by atoms with E-state index in [9.17, 15) is 8.42 Å². The highest BCUT2D eigenvalue weighted by atomic mass is 79.9. The summed E-state index contributed by atoms with van der Waals surface area (Å²) in [6, 6.07) is 3.42. The molecule has 1 saturated carbocycles. The summed E-state index contributed by atoms with van der Waals surface area (Å²) in [6.07, 6.45) is 4.09. The molecule has 0 aliphatic heterocycles. The van der Waals surface area contributed by atoms with Crippen LogP contribution in [0.4, 0.5) is 0 Å². The van der Waals surface area contributed by atoms with Gasteiger partial charge in [0.1, 0.15) is 4.21 Å². The summed E-state index contributed by atoms with van der Waals surface area (Å²) in [5.41, 5.74) is -0.319. The summed E-state index contributed by atoms with van der Waals surface area (Å²) in [5, 5.41) is 2.47. The van der Waals surface area contributed by atoms with Crippen molar-refractivity contribution in [3.63, 3.8) is 0 Å². The van der Waals surface area contributed by atoms with Gasteiger partial charge in [-0.2, -0.15) is 0 Å². The summed E-state index contributed by atoms with van der Waals surface area (Å²) < 4.78 is 28.0. The molecule has 2 atom stereocenters. The normalized spacial score (nSPS) is 29.3. The second-order valence-corrected chi connectivity index (χ2v) is 8.57. The Balaban J connectivity index is 2.20. The molecular formula is C12H18BrNO2S2. The minimum atomic E-state index is -3.37. The lowest BCUT2D eigenvalue weighted by Gasteiger charge is -2.39. The van der Waals surface area contributed by atoms with Crippen molar-refractivity contribution in [2.24, 2.45) is 5.92 Å². The molecule has 102 valence electrons. The highest BCUT2D eigenvalue weighted by molar-refractivity contribution is 9.09. The number of hydrogen-bond acceptors (Lipinski definition) is 3. The van der Waals surface area contributed by atoms with Crippen LogP contribution in [0, 0.1) is 5.92 Å². The Hall–Kier alpha value is 0.0900. The first kappa shape index (κ1) is 14.5. The van der Waals surface area contributed by atoms with Crippen molar-refractivity contribution in [3.05, 3.63) is 17.5 Å². The number of sulfonamides is 1. The maximum absolute atomic E-state index is 12.3. The van der Waals surface area contributed by atoms with Crippen molar-refractivity contribution in [1.82, 2.24) is 4.72 Å². The predicted octanol–water partition coefficient (Wildman–Crippen LogP) is 3.37. The van der Waals surface area contributed by atoms with Crippen LogP contribution in [0.15, 0.2) is 21.7 Å². The third kappa shape index (κ3) is 3.15. The SMILES string of the molecule is CC1CCCC(CBr)(NS(=O)(=O)c2cccs2)C1. The van der Waals surface area contributed by atoms with E-state index in [0.717, 1.165) is 19.3 Å². The second kappa shape index (κ2) is 5.61. The molecule has 6 heteroatoms. The average molecular weight is 352 g/mol. The van der Waals surface area contributed by atoms with Gasteiger partial charge in [-0.1, -0.05) is 41.8 Å². The summed E-state index contributed by atoms with van der Waals surface area (Å²) in [6.45, 7) is 2.19. The zero-order valence-corrected chi connectivity index (χ0v) is 13.6. The predicted molar refractivity (Wildman–Crippen MR) is 78.8 cm³/mol. The van der Waals surface area contributed by atoms with E-state index >= 15 is 0 Å². The van der Waals surface area contributed by atoms with Gasteiger partial charge in [-0.05, 0) is 30.2 Å². The number of rotatable bonds is 4. The van der Waals surface area contributed by atoms with Crippen LogP contribution >= 0.6 is 27.3 Å². The monoisotopic (exact) mass is 351 g/mol. The van der Waals surface area contributed by atoms with Gasteiger partial charge in [-0.3, -0.25) is 0 Å². The third-order valence-electron chi connectivity index (χ3n) is 3.46. The Labute approximate surface area is 121 Å². The summed E-state index contributed by atoms with van der Waals surface area (Å²) >= 11 is 4.75. The number of hydrogen-bond donors (Lipinski definition) is 1. The van der Waals surface area contributed by atoms with Crippen molar-refractivity contribution in [3.8, 4) is 0 Å². The van der Waals surface area contributed by atoms with Crippen LogP contribution in [-0.4, -0.2) is 19.3 Å². The van der Waals surface area contributed by atoms with Gasteiger partial charge in [0, 0.05) is 10.9 Å². The maximum atomic E-state index is 12.3. The maximum Gasteiger partial charge on any atom is 0.250 e. The van der Waals surface area contributed by atoms with Gasteiger partial charge in [0.15, 0.2) is 0 Å². The molecule has 0 saturated heterocycles. The first-order valence-corrected chi connectivity index (χ1v) is 9.59. The summed E-state index contributed by atoms with van der Waals surface area (Å²) in [7, 11) is -3.37. The standard InChI is InChI=1S/C12H18BrNO2S2/c1-10-4-2-6-12(8-10,9-13)14-18(15,16)11-5-3-7-17-11/h3,5,7,10,14H,2,4,6,8-9H2,1H3. The lowest BCUT2D eigenvalue weighted by molar-refractivity contribution is 0.242. The molecule has 2 unspecified atom stereocenters. The van der Waals surface area contributed by atoms with Crippen LogP contribution < -0.4 is 4.72 Å². The Kier molecular flexibility index (Phi) is 4.52. The fourth-order valence-corrected chi connectivity index (χ4v) is 5.92. The smallest absolute Gasteiger partial charge is 0.206 e. The van der Waals surface area contributed by atoms with Gasteiger partial charge in [0.25, 0.3) is 10.0 Å². The third-order valence-corrected chi connectivity index (χ3v) is 7.51. The Bertz CT molecular complexity index is 486. The molecular weight excluding hydrogens is 334 g/mol. The minimum absolute atomic E-state index is 0.319. The van der Waals surface area contributed by atoms with Crippen LogP contribution in [0.5, 0.6) is 0 Å². The van der Waals surface area contributed by atoms with Crippen molar-refractivity contribution >= 4 is 37.3 Å². The lowest BCUT2D eigenvalue weighted by Crippen LogP contribution is -2.52.